The van der Waals surface area contributed by atoms with E-state index in [2.05, 4.69) is 0 Å². The second-order valence-corrected chi connectivity index (χ2v) is 4.21. The predicted octanol–water partition coefficient (Wildman–Crippen LogP) is 1.23. The lowest BCUT2D eigenvalue weighted by molar-refractivity contribution is -0.139. The monoisotopic (exact) mass is 240 g/mol. The van der Waals surface area contributed by atoms with Gasteiger partial charge in [-0.3, -0.25) is 4.79 Å². The maximum absolute atomic E-state index is 12.8. The lowest BCUT2D eigenvalue weighted by Crippen LogP contribution is -2.35. The van der Waals surface area contributed by atoms with E-state index in [9.17, 15) is 9.18 Å². The first-order valence-corrected chi connectivity index (χ1v) is 5.32. The Hall–Kier alpha value is -1.46. The second kappa shape index (κ2) is 5.75. The minimum Gasteiger partial charge on any atom is -0.480 e. The van der Waals surface area contributed by atoms with Crippen molar-refractivity contribution in [2.45, 2.75) is 18.5 Å². The topological polar surface area (TPSA) is 66.6 Å². The zero-order valence-electron chi connectivity index (χ0n) is 9.93. The van der Waals surface area contributed by atoms with E-state index >= 15 is 0 Å². The zero-order valence-corrected chi connectivity index (χ0v) is 9.93. The SMILES string of the molecule is CN(C)C(CC(N)C(=O)O)c1ccc(F)cc1. The highest BCUT2D eigenvalue weighted by Gasteiger charge is 2.21. The van der Waals surface area contributed by atoms with Crippen LogP contribution in [-0.2, 0) is 4.79 Å². The van der Waals surface area contributed by atoms with E-state index in [0.29, 0.717) is 0 Å². The fourth-order valence-electron chi connectivity index (χ4n) is 1.67. The number of benzene rings is 1. The fourth-order valence-corrected chi connectivity index (χ4v) is 1.67. The van der Waals surface area contributed by atoms with Crippen LogP contribution in [0.15, 0.2) is 24.3 Å². The Morgan fingerprint density at radius 2 is 1.94 bits per heavy atom. The molecule has 0 aromatic heterocycles. The summed E-state index contributed by atoms with van der Waals surface area (Å²) in [5.41, 5.74) is 6.38. The third-order valence-electron chi connectivity index (χ3n) is 2.67. The second-order valence-electron chi connectivity index (χ2n) is 4.21. The lowest BCUT2D eigenvalue weighted by atomic mass is 9.99. The minimum atomic E-state index is -1.03. The number of halogens is 1. The van der Waals surface area contributed by atoms with Crippen LogP contribution in [-0.4, -0.2) is 36.1 Å². The molecular weight excluding hydrogens is 223 g/mol. The Kier molecular flexibility index (Phi) is 4.60. The number of nitrogens with two attached hydrogens (primary N) is 1. The summed E-state index contributed by atoms with van der Waals surface area (Å²) in [7, 11) is 3.67. The van der Waals surface area contributed by atoms with Gasteiger partial charge in [-0.15, -0.1) is 0 Å². The predicted molar refractivity (Wildman–Crippen MR) is 63.1 cm³/mol. The van der Waals surface area contributed by atoms with Gasteiger partial charge < -0.3 is 15.7 Å². The third-order valence-corrected chi connectivity index (χ3v) is 2.67. The average Bonchev–Trinajstić information content (AvgIpc) is 2.26. The average molecular weight is 240 g/mol. The summed E-state index contributed by atoms with van der Waals surface area (Å²) in [5.74, 6) is -1.34. The molecular formula is C12H17FN2O2. The fraction of sp³-hybridized carbons (Fsp3) is 0.417. The van der Waals surface area contributed by atoms with Crippen LogP contribution >= 0.6 is 0 Å². The van der Waals surface area contributed by atoms with Crippen molar-refractivity contribution in [1.29, 1.82) is 0 Å². The molecule has 0 amide bonds. The highest BCUT2D eigenvalue weighted by atomic mass is 19.1. The van der Waals surface area contributed by atoms with E-state index in [-0.39, 0.29) is 18.3 Å². The molecule has 0 radical (unpaired) electrons. The maximum Gasteiger partial charge on any atom is 0.320 e. The molecule has 2 atom stereocenters. The van der Waals surface area contributed by atoms with Gasteiger partial charge in [-0.1, -0.05) is 12.1 Å². The smallest absolute Gasteiger partial charge is 0.320 e. The molecule has 0 bridgehead atoms. The molecule has 94 valence electrons. The Bertz CT molecular complexity index is 379. The molecule has 3 N–H and O–H groups in total. The molecule has 0 spiro atoms. The summed E-state index contributed by atoms with van der Waals surface area (Å²) in [6, 6.07) is 4.95. The van der Waals surface area contributed by atoms with Crippen LogP contribution in [0.3, 0.4) is 0 Å². The molecule has 1 aromatic carbocycles. The molecule has 0 fully saturated rings. The maximum atomic E-state index is 12.8. The van der Waals surface area contributed by atoms with Gasteiger partial charge in [0.15, 0.2) is 0 Å². The van der Waals surface area contributed by atoms with Crippen molar-refractivity contribution in [2.75, 3.05) is 14.1 Å². The Labute approximate surface area is 99.8 Å². The van der Waals surface area contributed by atoms with E-state index in [4.69, 9.17) is 10.8 Å². The van der Waals surface area contributed by atoms with Crippen molar-refractivity contribution < 1.29 is 14.3 Å². The van der Waals surface area contributed by atoms with Gasteiger partial charge in [0, 0.05) is 6.04 Å². The number of carboxylic acid groups (broad SMARTS) is 1. The van der Waals surface area contributed by atoms with E-state index in [0.717, 1.165) is 5.56 Å². The van der Waals surface area contributed by atoms with Crippen molar-refractivity contribution >= 4 is 5.97 Å². The van der Waals surface area contributed by atoms with Gasteiger partial charge >= 0.3 is 5.97 Å². The van der Waals surface area contributed by atoms with E-state index in [1.807, 2.05) is 19.0 Å². The van der Waals surface area contributed by atoms with Gasteiger partial charge in [-0.05, 0) is 38.2 Å². The molecule has 0 saturated heterocycles. The first-order chi connectivity index (χ1) is 7.91. The standard InChI is InChI=1S/C12H17FN2O2/c1-15(2)11(7-10(14)12(16)17)8-3-5-9(13)6-4-8/h3-6,10-11H,7,14H2,1-2H3,(H,16,17). The highest BCUT2D eigenvalue weighted by Crippen LogP contribution is 2.23. The van der Waals surface area contributed by atoms with Gasteiger partial charge in [0.2, 0.25) is 0 Å². The summed E-state index contributed by atoms with van der Waals surface area (Å²) in [6.45, 7) is 0. The van der Waals surface area contributed by atoms with Crippen molar-refractivity contribution in [2.24, 2.45) is 5.73 Å². The molecule has 0 aliphatic rings. The Balaban J connectivity index is 2.86. The van der Waals surface area contributed by atoms with Crippen LogP contribution in [0.2, 0.25) is 0 Å². The molecule has 5 heteroatoms. The van der Waals surface area contributed by atoms with Crippen LogP contribution in [0, 0.1) is 5.82 Å². The molecule has 2 unspecified atom stereocenters. The van der Waals surface area contributed by atoms with Gasteiger partial charge in [0.25, 0.3) is 0 Å². The highest BCUT2D eigenvalue weighted by molar-refractivity contribution is 5.73. The summed E-state index contributed by atoms with van der Waals surface area (Å²) in [6.07, 6.45) is 0.286. The van der Waals surface area contributed by atoms with Gasteiger partial charge in [0.1, 0.15) is 11.9 Å². The molecule has 1 rings (SSSR count). The van der Waals surface area contributed by atoms with Crippen LogP contribution < -0.4 is 5.73 Å². The van der Waals surface area contributed by atoms with Crippen LogP contribution in [0.5, 0.6) is 0 Å². The van der Waals surface area contributed by atoms with Gasteiger partial charge in [0.05, 0.1) is 0 Å². The summed E-state index contributed by atoms with van der Waals surface area (Å²) in [4.78, 5) is 12.6. The normalized spacial score (nSPS) is 14.6. The van der Waals surface area contributed by atoms with Gasteiger partial charge in [-0.2, -0.15) is 0 Å². The summed E-state index contributed by atoms with van der Waals surface area (Å²) < 4.78 is 12.8. The summed E-state index contributed by atoms with van der Waals surface area (Å²) in [5, 5.41) is 8.80. The quantitative estimate of drug-likeness (QED) is 0.812. The number of carbonyl (C=O) groups is 1. The molecule has 0 heterocycles. The number of nitrogens with zero attached hydrogens (tertiary/aromatic N) is 1. The third kappa shape index (κ3) is 3.80. The van der Waals surface area contributed by atoms with E-state index in [1.54, 1.807) is 12.1 Å². The van der Waals surface area contributed by atoms with Crippen molar-refractivity contribution in [3.63, 3.8) is 0 Å². The Morgan fingerprint density at radius 3 is 2.35 bits per heavy atom. The molecule has 4 nitrogen and oxygen atoms in total. The summed E-state index contributed by atoms with van der Waals surface area (Å²) >= 11 is 0. The number of aliphatic carboxylic acids is 1. The first-order valence-electron chi connectivity index (χ1n) is 5.32. The number of rotatable bonds is 5. The number of hydrogen-bond acceptors (Lipinski definition) is 3. The first kappa shape index (κ1) is 13.6. The van der Waals surface area contributed by atoms with E-state index in [1.165, 1.54) is 12.1 Å². The minimum absolute atomic E-state index is 0.137. The lowest BCUT2D eigenvalue weighted by Gasteiger charge is -2.26. The zero-order chi connectivity index (χ0) is 13.0. The van der Waals surface area contributed by atoms with Crippen LogP contribution in [0.1, 0.15) is 18.0 Å². The molecule has 1 aromatic rings. The molecule has 0 saturated carbocycles. The number of hydrogen-bond donors (Lipinski definition) is 2. The van der Waals surface area contributed by atoms with Crippen LogP contribution in [0.4, 0.5) is 4.39 Å². The van der Waals surface area contributed by atoms with E-state index < -0.39 is 12.0 Å². The molecule has 17 heavy (non-hydrogen) atoms. The van der Waals surface area contributed by atoms with Crippen LogP contribution in [0.25, 0.3) is 0 Å². The van der Waals surface area contributed by atoms with Gasteiger partial charge in [-0.25, -0.2) is 4.39 Å². The number of carboxylic acids is 1. The van der Waals surface area contributed by atoms with Crippen molar-refractivity contribution in [3.8, 4) is 0 Å². The molecule has 0 aliphatic carbocycles. The largest absolute Gasteiger partial charge is 0.480 e. The Morgan fingerprint density at radius 1 is 1.41 bits per heavy atom. The van der Waals surface area contributed by atoms with Crippen molar-refractivity contribution in [1.82, 2.24) is 4.90 Å². The molecule has 0 aliphatic heterocycles. The van der Waals surface area contributed by atoms with Crippen molar-refractivity contribution in [3.05, 3.63) is 35.6 Å².